The average molecular weight is 511 g/mol. The van der Waals surface area contributed by atoms with Crippen molar-refractivity contribution < 1.29 is 9.59 Å². The Hall–Kier alpha value is -2.08. The van der Waals surface area contributed by atoms with Gasteiger partial charge in [0.15, 0.2) is 0 Å². The van der Waals surface area contributed by atoms with Crippen LogP contribution in [0.3, 0.4) is 0 Å². The Labute approximate surface area is 191 Å². The molecule has 2 rings (SSSR count). The maximum atomic E-state index is 10.9. The molecule has 0 N–H and O–H groups in total. The van der Waals surface area contributed by atoms with Crippen molar-refractivity contribution in [1.82, 2.24) is 0 Å². The van der Waals surface area contributed by atoms with Crippen LogP contribution >= 0.6 is 0 Å². The van der Waals surface area contributed by atoms with Crippen molar-refractivity contribution in [2.24, 2.45) is 9.98 Å². The molecule has 0 aliphatic rings. The van der Waals surface area contributed by atoms with E-state index in [1.807, 2.05) is 20.8 Å². The third-order valence-electron chi connectivity index (χ3n) is 3.91. The van der Waals surface area contributed by atoms with Gasteiger partial charge >= 0.3 is 89.0 Å². The van der Waals surface area contributed by atoms with Gasteiger partial charge < -0.3 is 0 Å². The monoisotopic (exact) mass is 512 g/mol. The SMILES string of the molecule is CC(=O)CC(C)=NCC(C)N=C(C)CC(C)=O.c1cc[c]([Sn][c]2ccccc2)cc1. The average Bonchev–Trinajstić information content (AvgIpc) is 2.67. The first kappa shape index (κ1) is 26.0. The molecule has 5 heteroatoms. The summed E-state index contributed by atoms with van der Waals surface area (Å²) in [7, 11) is 0. The fourth-order valence-corrected chi connectivity index (χ4v) is 5.74. The molecule has 0 amide bonds. The van der Waals surface area contributed by atoms with Crippen LogP contribution in [0.15, 0.2) is 70.6 Å². The summed E-state index contributed by atoms with van der Waals surface area (Å²) in [5.41, 5.74) is 1.67. The molecule has 2 aromatic rings. The van der Waals surface area contributed by atoms with E-state index in [2.05, 4.69) is 70.6 Å². The topological polar surface area (TPSA) is 58.9 Å². The number of ketones is 2. The van der Waals surface area contributed by atoms with Crippen LogP contribution in [0.4, 0.5) is 0 Å². The summed E-state index contributed by atoms with van der Waals surface area (Å²) in [6.45, 7) is 9.32. The zero-order valence-electron chi connectivity index (χ0n) is 18.7. The van der Waals surface area contributed by atoms with Gasteiger partial charge in [-0.05, 0) is 34.6 Å². The molecule has 0 saturated heterocycles. The van der Waals surface area contributed by atoms with Crippen molar-refractivity contribution in [2.75, 3.05) is 6.54 Å². The molecule has 0 spiro atoms. The molecule has 0 aromatic heterocycles. The molecule has 4 nitrogen and oxygen atoms in total. The zero-order valence-corrected chi connectivity index (χ0v) is 21.5. The van der Waals surface area contributed by atoms with E-state index < -0.39 is 21.1 Å². The summed E-state index contributed by atoms with van der Waals surface area (Å²) < 4.78 is 3.08. The number of benzene rings is 2. The van der Waals surface area contributed by atoms with Gasteiger partial charge in [0.05, 0.1) is 12.6 Å². The van der Waals surface area contributed by atoms with E-state index in [4.69, 9.17) is 0 Å². The second-order valence-electron chi connectivity index (χ2n) is 7.40. The Balaban J connectivity index is 0.000000308. The summed E-state index contributed by atoms with van der Waals surface area (Å²) >= 11 is -0.517. The third-order valence-corrected chi connectivity index (χ3v) is 7.46. The quantitative estimate of drug-likeness (QED) is 0.382. The van der Waals surface area contributed by atoms with Crippen molar-refractivity contribution in [3.05, 3.63) is 60.7 Å². The number of aliphatic imine (C=N–C) groups is 2. The van der Waals surface area contributed by atoms with Crippen LogP contribution in [0.2, 0.25) is 0 Å². The molecule has 0 fully saturated rings. The summed E-state index contributed by atoms with van der Waals surface area (Å²) in [5.74, 6) is 0.241. The molecule has 0 aliphatic carbocycles. The van der Waals surface area contributed by atoms with Gasteiger partial charge in [0.2, 0.25) is 0 Å². The molecule has 0 heterocycles. The van der Waals surface area contributed by atoms with E-state index >= 15 is 0 Å². The molecular formula is C25H32N2O2Sn. The van der Waals surface area contributed by atoms with Crippen molar-refractivity contribution >= 4 is 51.3 Å². The van der Waals surface area contributed by atoms with Gasteiger partial charge in [-0.2, -0.15) is 0 Å². The Morgan fingerprint density at radius 2 is 1.20 bits per heavy atom. The van der Waals surface area contributed by atoms with Crippen LogP contribution in [-0.4, -0.2) is 56.7 Å². The summed E-state index contributed by atoms with van der Waals surface area (Å²) in [6, 6.07) is 21.6. The van der Waals surface area contributed by atoms with Gasteiger partial charge in [-0.25, -0.2) is 0 Å². The van der Waals surface area contributed by atoms with E-state index in [0.29, 0.717) is 19.4 Å². The van der Waals surface area contributed by atoms with E-state index in [-0.39, 0.29) is 17.6 Å². The summed E-state index contributed by atoms with van der Waals surface area (Å²) in [5, 5.41) is 0. The Bertz CT molecular complexity index is 808. The van der Waals surface area contributed by atoms with Gasteiger partial charge in [0, 0.05) is 24.3 Å². The van der Waals surface area contributed by atoms with Crippen molar-refractivity contribution in [2.45, 2.75) is 53.5 Å². The fourth-order valence-electron chi connectivity index (χ4n) is 2.74. The normalized spacial score (nSPS) is 12.6. The number of rotatable bonds is 9. The second-order valence-corrected chi connectivity index (χ2v) is 11.4. The molecule has 2 aromatic carbocycles. The summed E-state index contributed by atoms with van der Waals surface area (Å²) in [4.78, 5) is 30.4. The van der Waals surface area contributed by atoms with Crippen molar-refractivity contribution in [1.29, 1.82) is 0 Å². The van der Waals surface area contributed by atoms with Crippen LogP contribution in [0.25, 0.3) is 0 Å². The van der Waals surface area contributed by atoms with E-state index in [1.54, 1.807) is 13.8 Å². The minimum atomic E-state index is -0.517. The minimum absolute atomic E-state index is 0.0521. The van der Waals surface area contributed by atoms with Gasteiger partial charge in [-0.1, -0.05) is 0 Å². The number of carbonyl (C=O) groups excluding carboxylic acids is 2. The molecule has 1 unspecified atom stereocenters. The zero-order chi connectivity index (χ0) is 22.4. The number of nitrogens with zero attached hydrogens (tertiary/aromatic N) is 2. The molecule has 2 radical (unpaired) electrons. The molecule has 0 saturated carbocycles. The Kier molecular flexibility index (Phi) is 12.8. The van der Waals surface area contributed by atoms with Gasteiger partial charge in [0.1, 0.15) is 11.6 Å². The van der Waals surface area contributed by atoms with Gasteiger partial charge in [-0.3, -0.25) is 19.6 Å². The maximum absolute atomic E-state index is 10.9. The third kappa shape index (κ3) is 13.2. The Morgan fingerprint density at radius 3 is 1.63 bits per heavy atom. The van der Waals surface area contributed by atoms with E-state index in [9.17, 15) is 9.59 Å². The van der Waals surface area contributed by atoms with E-state index in [1.165, 1.54) is 7.16 Å². The summed E-state index contributed by atoms with van der Waals surface area (Å²) in [6.07, 6.45) is 0.809. The van der Waals surface area contributed by atoms with Crippen LogP contribution < -0.4 is 7.16 Å². The first-order valence-corrected chi connectivity index (χ1v) is 13.0. The second kappa shape index (κ2) is 14.8. The van der Waals surface area contributed by atoms with Crippen LogP contribution in [-0.2, 0) is 9.59 Å². The van der Waals surface area contributed by atoms with Crippen LogP contribution in [0.1, 0.15) is 47.5 Å². The molecule has 30 heavy (non-hydrogen) atoms. The standard InChI is InChI=1S/C13H22N2O2.2C6H5.Sn/c1-9(6-12(4)16)14-8-11(3)15-10(2)7-13(5)17;2*1-2-4-6-5-3-1;/h11H,6-8H2,1-5H3;2*1-5H;. The molecular weight excluding hydrogens is 479 g/mol. The van der Waals surface area contributed by atoms with E-state index in [0.717, 1.165) is 11.4 Å². The van der Waals surface area contributed by atoms with Gasteiger partial charge in [-0.15, -0.1) is 0 Å². The fraction of sp³-hybridized carbons (Fsp3) is 0.360. The van der Waals surface area contributed by atoms with Crippen LogP contribution in [0.5, 0.6) is 0 Å². The molecule has 0 bridgehead atoms. The predicted molar refractivity (Wildman–Crippen MR) is 129 cm³/mol. The number of hydrogen-bond donors (Lipinski definition) is 0. The Morgan fingerprint density at radius 1 is 0.767 bits per heavy atom. The van der Waals surface area contributed by atoms with Gasteiger partial charge in [0.25, 0.3) is 0 Å². The molecule has 0 aliphatic heterocycles. The van der Waals surface area contributed by atoms with Crippen molar-refractivity contribution in [3.63, 3.8) is 0 Å². The first-order valence-electron chi connectivity index (χ1n) is 10.2. The van der Waals surface area contributed by atoms with Crippen molar-refractivity contribution in [3.8, 4) is 0 Å². The number of carbonyl (C=O) groups is 2. The predicted octanol–water partition coefficient (Wildman–Crippen LogP) is 3.60. The number of Topliss-reactive ketones (excluding diaryl/α,β-unsaturated/α-hetero) is 2. The van der Waals surface area contributed by atoms with Crippen LogP contribution in [0, 0.1) is 0 Å². The number of hydrogen-bond acceptors (Lipinski definition) is 4. The molecule has 1 atom stereocenters. The molecule has 158 valence electrons. The first-order chi connectivity index (χ1) is 14.3.